The summed E-state index contributed by atoms with van der Waals surface area (Å²) >= 11 is 1.33. The summed E-state index contributed by atoms with van der Waals surface area (Å²) in [6.45, 7) is 0. The fourth-order valence-electron chi connectivity index (χ4n) is 1.88. The second kappa shape index (κ2) is 5.22. The molecule has 4 nitrogen and oxygen atoms in total. The number of hydrogen-bond acceptors (Lipinski definition) is 4. The zero-order chi connectivity index (χ0) is 14.0. The Bertz CT molecular complexity index is 794. The van der Waals surface area contributed by atoms with Crippen LogP contribution in [0.15, 0.2) is 54.6 Å². The number of thiazole rings is 1. The number of fused-ring (bicyclic) bond motifs is 1. The van der Waals surface area contributed by atoms with Gasteiger partial charge in [-0.25, -0.2) is 13.4 Å². The first-order valence-corrected chi connectivity index (χ1v) is 8.49. The molecule has 0 radical (unpaired) electrons. The highest BCUT2D eigenvalue weighted by molar-refractivity contribution is 7.92. The average Bonchev–Trinajstić information content (AvgIpc) is 2.80. The van der Waals surface area contributed by atoms with Crippen molar-refractivity contribution >= 4 is 36.7 Å². The first-order valence-electron chi connectivity index (χ1n) is 6.02. The lowest BCUT2D eigenvalue weighted by atomic mass is 10.2. The monoisotopic (exact) mass is 304 g/mol. The minimum atomic E-state index is -3.44. The van der Waals surface area contributed by atoms with E-state index in [1.54, 1.807) is 12.1 Å². The second-order valence-electron chi connectivity index (χ2n) is 4.33. The Hall–Kier alpha value is -1.92. The van der Waals surface area contributed by atoms with Crippen molar-refractivity contribution in [3.63, 3.8) is 0 Å². The second-order valence-corrected chi connectivity index (χ2v) is 7.09. The van der Waals surface area contributed by atoms with Crippen LogP contribution in [0.1, 0.15) is 5.56 Å². The third kappa shape index (κ3) is 2.97. The van der Waals surface area contributed by atoms with Crippen LogP contribution in [0, 0.1) is 0 Å². The number of anilines is 1. The molecule has 0 fully saturated rings. The first-order chi connectivity index (χ1) is 9.62. The van der Waals surface area contributed by atoms with Gasteiger partial charge in [-0.3, -0.25) is 4.72 Å². The molecule has 0 atom stereocenters. The molecule has 0 amide bonds. The molecule has 1 heterocycles. The van der Waals surface area contributed by atoms with Crippen LogP contribution in [0.2, 0.25) is 0 Å². The van der Waals surface area contributed by atoms with Gasteiger partial charge in [-0.05, 0) is 17.7 Å². The zero-order valence-electron chi connectivity index (χ0n) is 10.5. The number of benzene rings is 2. The van der Waals surface area contributed by atoms with Gasteiger partial charge in [0.1, 0.15) is 0 Å². The van der Waals surface area contributed by atoms with Crippen LogP contribution in [0.5, 0.6) is 0 Å². The van der Waals surface area contributed by atoms with Gasteiger partial charge >= 0.3 is 0 Å². The van der Waals surface area contributed by atoms with E-state index in [2.05, 4.69) is 9.71 Å². The van der Waals surface area contributed by atoms with E-state index in [-0.39, 0.29) is 5.75 Å². The van der Waals surface area contributed by atoms with E-state index in [0.717, 1.165) is 15.8 Å². The van der Waals surface area contributed by atoms with E-state index < -0.39 is 10.0 Å². The van der Waals surface area contributed by atoms with Crippen molar-refractivity contribution in [2.45, 2.75) is 5.75 Å². The van der Waals surface area contributed by atoms with Gasteiger partial charge in [0.2, 0.25) is 10.0 Å². The third-order valence-corrected chi connectivity index (χ3v) is 5.03. The fraction of sp³-hybridized carbons (Fsp3) is 0.0714. The summed E-state index contributed by atoms with van der Waals surface area (Å²) in [7, 11) is -3.44. The lowest BCUT2D eigenvalue weighted by Crippen LogP contribution is -2.14. The summed E-state index contributed by atoms with van der Waals surface area (Å²) in [6.07, 6.45) is 0. The highest BCUT2D eigenvalue weighted by atomic mass is 32.2. The fourth-order valence-corrected chi connectivity index (χ4v) is 4.16. The Morgan fingerprint density at radius 2 is 1.70 bits per heavy atom. The van der Waals surface area contributed by atoms with Gasteiger partial charge in [0, 0.05) is 0 Å². The Morgan fingerprint density at radius 1 is 1.00 bits per heavy atom. The highest BCUT2D eigenvalue weighted by Crippen LogP contribution is 2.26. The summed E-state index contributed by atoms with van der Waals surface area (Å²) in [5.41, 5.74) is 1.55. The summed E-state index contributed by atoms with van der Waals surface area (Å²) in [6, 6.07) is 16.6. The van der Waals surface area contributed by atoms with E-state index in [4.69, 9.17) is 0 Å². The number of hydrogen-bond donors (Lipinski definition) is 1. The van der Waals surface area contributed by atoms with E-state index in [1.165, 1.54) is 11.3 Å². The molecular formula is C14H12N2O2S2. The largest absolute Gasteiger partial charge is 0.258 e. The molecule has 1 N–H and O–H groups in total. The van der Waals surface area contributed by atoms with E-state index >= 15 is 0 Å². The van der Waals surface area contributed by atoms with Crippen molar-refractivity contribution in [2.75, 3.05) is 4.72 Å². The van der Waals surface area contributed by atoms with Crippen LogP contribution in [0.4, 0.5) is 5.13 Å². The number of nitrogens with zero attached hydrogens (tertiary/aromatic N) is 1. The van der Waals surface area contributed by atoms with Crippen molar-refractivity contribution < 1.29 is 8.42 Å². The van der Waals surface area contributed by atoms with E-state index in [9.17, 15) is 8.42 Å². The Kier molecular flexibility index (Phi) is 3.42. The molecule has 0 saturated heterocycles. The van der Waals surface area contributed by atoms with Gasteiger partial charge in [0.15, 0.2) is 5.13 Å². The molecule has 0 spiro atoms. The normalized spacial score (nSPS) is 11.6. The first kappa shape index (κ1) is 13.1. The number of rotatable bonds is 4. The standard InChI is InChI=1S/C14H12N2O2S2/c17-20(18,10-11-6-2-1-3-7-11)16-14-15-12-8-4-5-9-13(12)19-14/h1-9H,10H2,(H,15,16). The lowest BCUT2D eigenvalue weighted by molar-refractivity contribution is 0.600. The van der Waals surface area contributed by atoms with Gasteiger partial charge in [-0.15, -0.1) is 0 Å². The summed E-state index contributed by atoms with van der Waals surface area (Å²) in [5, 5.41) is 0.405. The molecule has 0 bridgehead atoms. The molecule has 1 aromatic heterocycles. The minimum Gasteiger partial charge on any atom is -0.258 e. The Balaban J connectivity index is 1.82. The molecule has 0 aliphatic heterocycles. The molecule has 3 rings (SSSR count). The number of sulfonamides is 1. The molecule has 102 valence electrons. The predicted molar refractivity (Wildman–Crippen MR) is 82.3 cm³/mol. The zero-order valence-corrected chi connectivity index (χ0v) is 12.1. The maximum absolute atomic E-state index is 12.1. The predicted octanol–water partition coefficient (Wildman–Crippen LogP) is 3.24. The van der Waals surface area contributed by atoms with E-state index in [0.29, 0.717) is 5.13 Å². The SMILES string of the molecule is O=S(=O)(Cc1ccccc1)Nc1nc2ccccc2s1. The van der Waals surface area contributed by atoms with Crippen molar-refractivity contribution in [3.05, 3.63) is 60.2 Å². The van der Waals surface area contributed by atoms with Crippen molar-refractivity contribution in [1.29, 1.82) is 0 Å². The third-order valence-electron chi connectivity index (χ3n) is 2.74. The smallest absolute Gasteiger partial charge is 0.238 e. The Morgan fingerprint density at radius 3 is 2.45 bits per heavy atom. The van der Waals surface area contributed by atoms with Crippen molar-refractivity contribution in [2.24, 2.45) is 0 Å². The highest BCUT2D eigenvalue weighted by Gasteiger charge is 2.14. The van der Waals surface area contributed by atoms with Crippen LogP contribution >= 0.6 is 11.3 Å². The molecule has 0 unspecified atom stereocenters. The van der Waals surface area contributed by atoms with Gasteiger partial charge in [-0.2, -0.15) is 0 Å². The van der Waals surface area contributed by atoms with Crippen LogP contribution < -0.4 is 4.72 Å². The van der Waals surface area contributed by atoms with Gasteiger partial charge in [0.25, 0.3) is 0 Å². The average molecular weight is 304 g/mol. The van der Waals surface area contributed by atoms with Crippen LogP contribution in [-0.2, 0) is 15.8 Å². The van der Waals surface area contributed by atoms with Crippen molar-refractivity contribution in [1.82, 2.24) is 4.98 Å². The maximum atomic E-state index is 12.1. The maximum Gasteiger partial charge on any atom is 0.238 e. The van der Waals surface area contributed by atoms with Gasteiger partial charge < -0.3 is 0 Å². The van der Waals surface area contributed by atoms with E-state index in [1.807, 2.05) is 42.5 Å². The summed E-state index contributed by atoms with van der Waals surface area (Å²) in [4.78, 5) is 4.27. The van der Waals surface area contributed by atoms with Crippen molar-refractivity contribution in [3.8, 4) is 0 Å². The minimum absolute atomic E-state index is 0.0518. The number of nitrogens with one attached hydrogen (secondary N) is 1. The molecule has 0 aliphatic rings. The van der Waals surface area contributed by atoms with Crippen LogP contribution in [0.3, 0.4) is 0 Å². The molecule has 2 aromatic carbocycles. The molecular weight excluding hydrogens is 292 g/mol. The molecule has 3 aromatic rings. The van der Waals surface area contributed by atoms with Gasteiger partial charge in [0.05, 0.1) is 16.0 Å². The lowest BCUT2D eigenvalue weighted by Gasteiger charge is -2.04. The van der Waals surface area contributed by atoms with Gasteiger partial charge in [-0.1, -0.05) is 53.8 Å². The topological polar surface area (TPSA) is 59.1 Å². The molecule has 6 heteroatoms. The Labute approximate surface area is 121 Å². The molecule has 0 saturated carbocycles. The van der Waals surface area contributed by atoms with Crippen LogP contribution in [0.25, 0.3) is 10.2 Å². The van der Waals surface area contributed by atoms with Crippen LogP contribution in [-0.4, -0.2) is 13.4 Å². The molecule has 20 heavy (non-hydrogen) atoms. The molecule has 0 aliphatic carbocycles. The number of para-hydroxylation sites is 1. The summed E-state index contributed by atoms with van der Waals surface area (Å²) in [5.74, 6) is -0.0518. The number of aromatic nitrogens is 1. The summed E-state index contributed by atoms with van der Waals surface area (Å²) < 4.78 is 27.7. The quantitative estimate of drug-likeness (QED) is 0.805.